The zero-order valence-electron chi connectivity index (χ0n) is 14.8. The van der Waals surface area contributed by atoms with Crippen molar-refractivity contribution in [3.05, 3.63) is 82.1 Å². The van der Waals surface area contributed by atoms with E-state index in [4.69, 9.17) is 4.74 Å². The molecule has 0 unspecified atom stereocenters. The van der Waals surface area contributed by atoms with Crippen molar-refractivity contribution in [3.8, 4) is 17.0 Å². The van der Waals surface area contributed by atoms with Crippen LogP contribution in [-0.4, -0.2) is 15.9 Å². The third-order valence-corrected chi connectivity index (χ3v) is 3.82. The molecule has 0 saturated carbocycles. The fourth-order valence-electron chi connectivity index (χ4n) is 2.60. The van der Waals surface area contributed by atoms with E-state index in [1.54, 1.807) is 12.1 Å². The Morgan fingerprint density at radius 3 is 2.52 bits per heavy atom. The Morgan fingerprint density at radius 2 is 1.80 bits per heavy atom. The average molecular weight is 334 g/mol. The van der Waals surface area contributed by atoms with Crippen LogP contribution in [0.1, 0.15) is 25.0 Å². The molecule has 0 amide bonds. The number of hydrogen-bond donors (Lipinski definition) is 0. The maximum atomic E-state index is 12.2. The fraction of sp³-hybridized carbons (Fsp3) is 0.238. The average Bonchev–Trinajstić information content (AvgIpc) is 2.57. The maximum absolute atomic E-state index is 12.2. The highest BCUT2D eigenvalue weighted by molar-refractivity contribution is 5.58. The first kappa shape index (κ1) is 17.0. The number of nitrogens with zero attached hydrogens (tertiary/aromatic N) is 2. The fourth-order valence-corrected chi connectivity index (χ4v) is 2.60. The second-order valence-corrected chi connectivity index (χ2v) is 6.39. The molecule has 0 atom stereocenters. The van der Waals surface area contributed by atoms with Crippen molar-refractivity contribution in [2.24, 2.45) is 0 Å². The van der Waals surface area contributed by atoms with Gasteiger partial charge in [0.15, 0.2) is 0 Å². The Labute approximate surface area is 147 Å². The van der Waals surface area contributed by atoms with Crippen LogP contribution in [0.3, 0.4) is 0 Å². The summed E-state index contributed by atoms with van der Waals surface area (Å²) in [6, 6.07) is 19.2. The Hall–Kier alpha value is -2.88. The van der Waals surface area contributed by atoms with Crippen molar-refractivity contribution < 1.29 is 4.74 Å². The van der Waals surface area contributed by atoms with E-state index in [2.05, 4.69) is 5.10 Å². The monoisotopic (exact) mass is 334 g/mol. The molecule has 0 aliphatic heterocycles. The van der Waals surface area contributed by atoms with Gasteiger partial charge >= 0.3 is 0 Å². The second kappa shape index (κ2) is 7.34. The van der Waals surface area contributed by atoms with E-state index in [0.717, 1.165) is 22.6 Å². The second-order valence-electron chi connectivity index (χ2n) is 6.39. The van der Waals surface area contributed by atoms with Crippen LogP contribution < -0.4 is 10.3 Å². The molecule has 0 aliphatic carbocycles. The van der Waals surface area contributed by atoms with E-state index >= 15 is 0 Å². The summed E-state index contributed by atoms with van der Waals surface area (Å²) < 4.78 is 7.21. The van der Waals surface area contributed by atoms with Gasteiger partial charge in [0.1, 0.15) is 5.75 Å². The van der Waals surface area contributed by atoms with Crippen molar-refractivity contribution in [1.29, 1.82) is 0 Å². The van der Waals surface area contributed by atoms with Crippen LogP contribution in [0.2, 0.25) is 0 Å². The van der Waals surface area contributed by atoms with Crippen molar-refractivity contribution >= 4 is 0 Å². The summed E-state index contributed by atoms with van der Waals surface area (Å²) in [5, 5.41) is 4.52. The zero-order valence-corrected chi connectivity index (χ0v) is 14.8. The van der Waals surface area contributed by atoms with E-state index in [9.17, 15) is 4.79 Å². The van der Waals surface area contributed by atoms with Crippen molar-refractivity contribution in [3.63, 3.8) is 0 Å². The highest BCUT2D eigenvalue weighted by Crippen LogP contribution is 2.17. The van der Waals surface area contributed by atoms with Gasteiger partial charge in [-0.1, -0.05) is 42.0 Å². The number of benzene rings is 2. The molecule has 128 valence electrons. The molecule has 0 bridgehead atoms. The molecule has 0 N–H and O–H groups in total. The molecular formula is C21H22N2O2. The molecule has 4 heteroatoms. The third-order valence-electron chi connectivity index (χ3n) is 3.82. The summed E-state index contributed by atoms with van der Waals surface area (Å²) >= 11 is 0. The van der Waals surface area contributed by atoms with Crippen molar-refractivity contribution in [2.75, 3.05) is 0 Å². The lowest BCUT2D eigenvalue weighted by Crippen LogP contribution is -2.22. The predicted octanol–water partition coefficient (Wildman–Crippen LogP) is 4.05. The molecule has 1 heterocycles. The van der Waals surface area contributed by atoms with E-state index in [0.29, 0.717) is 6.54 Å². The first-order valence-corrected chi connectivity index (χ1v) is 8.42. The Balaban J connectivity index is 1.89. The Morgan fingerprint density at radius 1 is 1.04 bits per heavy atom. The Kier molecular flexibility index (Phi) is 4.98. The van der Waals surface area contributed by atoms with Crippen molar-refractivity contribution in [1.82, 2.24) is 9.78 Å². The number of aryl methyl sites for hydroxylation is 1. The SMILES string of the molecule is Cc1ccc(-c2ccc(=O)n(Cc3cccc(OC(C)C)c3)n2)cc1. The number of rotatable bonds is 5. The van der Waals surface area contributed by atoms with Crippen LogP contribution >= 0.6 is 0 Å². The van der Waals surface area contributed by atoms with Gasteiger partial charge in [-0.05, 0) is 44.5 Å². The van der Waals surface area contributed by atoms with Gasteiger partial charge in [0.2, 0.25) is 0 Å². The van der Waals surface area contributed by atoms with Crippen LogP contribution in [0, 0.1) is 6.92 Å². The summed E-state index contributed by atoms with van der Waals surface area (Å²) in [6.07, 6.45) is 0.112. The standard InChI is InChI=1S/C21H22N2O2/c1-15(2)25-19-6-4-5-17(13-19)14-23-21(24)12-11-20(22-23)18-9-7-16(3)8-10-18/h4-13,15H,14H2,1-3H3. The summed E-state index contributed by atoms with van der Waals surface area (Å²) in [5.74, 6) is 0.801. The van der Waals surface area contributed by atoms with Crippen LogP contribution in [-0.2, 0) is 6.54 Å². The normalized spacial score (nSPS) is 10.9. The van der Waals surface area contributed by atoms with E-state index in [1.165, 1.54) is 10.2 Å². The van der Waals surface area contributed by atoms with Crippen LogP contribution in [0.4, 0.5) is 0 Å². The number of hydrogen-bond acceptors (Lipinski definition) is 3. The molecule has 0 saturated heterocycles. The minimum atomic E-state index is -0.119. The predicted molar refractivity (Wildman–Crippen MR) is 100.0 cm³/mol. The molecule has 2 aromatic carbocycles. The molecule has 0 radical (unpaired) electrons. The summed E-state index contributed by atoms with van der Waals surface area (Å²) in [7, 11) is 0. The van der Waals surface area contributed by atoms with Gasteiger partial charge in [0.05, 0.1) is 18.3 Å². The summed E-state index contributed by atoms with van der Waals surface area (Å²) in [4.78, 5) is 12.2. The van der Waals surface area contributed by atoms with E-state index in [-0.39, 0.29) is 11.7 Å². The van der Waals surface area contributed by atoms with Gasteiger partial charge < -0.3 is 4.74 Å². The lowest BCUT2D eigenvalue weighted by molar-refractivity contribution is 0.242. The largest absolute Gasteiger partial charge is 0.491 e. The first-order valence-electron chi connectivity index (χ1n) is 8.42. The van der Waals surface area contributed by atoms with Gasteiger partial charge in [0.25, 0.3) is 5.56 Å². The lowest BCUT2D eigenvalue weighted by atomic mass is 10.1. The summed E-state index contributed by atoms with van der Waals surface area (Å²) in [6.45, 7) is 6.44. The lowest BCUT2D eigenvalue weighted by Gasteiger charge is -2.12. The maximum Gasteiger partial charge on any atom is 0.267 e. The number of aromatic nitrogens is 2. The van der Waals surface area contributed by atoms with Gasteiger partial charge in [-0.2, -0.15) is 5.10 Å². The molecule has 4 nitrogen and oxygen atoms in total. The molecule has 0 spiro atoms. The van der Waals surface area contributed by atoms with Crippen molar-refractivity contribution in [2.45, 2.75) is 33.4 Å². The summed E-state index contributed by atoms with van der Waals surface area (Å²) in [5.41, 5.74) is 3.84. The van der Waals surface area contributed by atoms with Gasteiger partial charge in [-0.15, -0.1) is 0 Å². The Bertz CT molecular complexity index is 912. The molecule has 3 aromatic rings. The van der Waals surface area contributed by atoms with E-state index in [1.807, 2.05) is 69.3 Å². The molecule has 1 aromatic heterocycles. The highest BCUT2D eigenvalue weighted by Gasteiger charge is 2.06. The molecule has 3 rings (SSSR count). The van der Waals surface area contributed by atoms with Gasteiger partial charge in [0, 0.05) is 11.6 Å². The topological polar surface area (TPSA) is 44.1 Å². The smallest absolute Gasteiger partial charge is 0.267 e. The van der Waals surface area contributed by atoms with Crippen LogP contribution in [0.15, 0.2) is 65.5 Å². The minimum Gasteiger partial charge on any atom is -0.491 e. The first-order chi connectivity index (χ1) is 12.0. The van der Waals surface area contributed by atoms with Gasteiger partial charge in [-0.25, -0.2) is 4.68 Å². The quantitative estimate of drug-likeness (QED) is 0.707. The molecule has 0 aliphatic rings. The zero-order chi connectivity index (χ0) is 17.8. The van der Waals surface area contributed by atoms with Crippen LogP contribution in [0.5, 0.6) is 5.75 Å². The van der Waals surface area contributed by atoms with E-state index < -0.39 is 0 Å². The molecule has 0 fully saturated rings. The molecular weight excluding hydrogens is 312 g/mol. The number of ether oxygens (including phenoxy) is 1. The third kappa shape index (κ3) is 4.35. The van der Waals surface area contributed by atoms with Crippen LogP contribution in [0.25, 0.3) is 11.3 Å². The molecule has 25 heavy (non-hydrogen) atoms. The minimum absolute atomic E-state index is 0.112. The van der Waals surface area contributed by atoms with Gasteiger partial charge in [-0.3, -0.25) is 4.79 Å². The highest BCUT2D eigenvalue weighted by atomic mass is 16.5.